The van der Waals surface area contributed by atoms with Crippen molar-refractivity contribution in [2.75, 3.05) is 13.2 Å². The molecule has 0 unspecified atom stereocenters. The molecule has 0 aromatic heterocycles. The Bertz CT molecular complexity index is 480. The van der Waals surface area contributed by atoms with E-state index in [0.29, 0.717) is 13.2 Å². The zero-order chi connectivity index (χ0) is 24.2. The molecule has 0 atom stereocenters. The summed E-state index contributed by atoms with van der Waals surface area (Å²) in [4.78, 5) is 24.6. The number of unbranched alkanes of at least 4 members (excludes halogenated alkanes) is 12. The Labute approximate surface area is 205 Å². The highest BCUT2D eigenvalue weighted by molar-refractivity contribution is 5.75. The van der Waals surface area contributed by atoms with Gasteiger partial charge in [0.15, 0.2) is 0 Å². The summed E-state index contributed by atoms with van der Waals surface area (Å²) in [6.07, 6.45) is 21.6. The Balaban J connectivity index is 1.97. The van der Waals surface area contributed by atoms with Crippen molar-refractivity contribution >= 4 is 11.9 Å². The number of carbonyl (C=O) groups is 2. The number of rotatable bonds is 20. The lowest BCUT2D eigenvalue weighted by atomic mass is 9.82. The van der Waals surface area contributed by atoms with Crippen LogP contribution in [0.15, 0.2) is 0 Å². The van der Waals surface area contributed by atoms with E-state index in [4.69, 9.17) is 9.47 Å². The molecular formula is C29H54O4. The Morgan fingerprint density at radius 3 is 1.36 bits per heavy atom. The predicted octanol–water partition coefficient (Wildman–Crippen LogP) is 8.41. The van der Waals surface area contributed by atoms with E-state index < -0.39 is 0 Å². The van der Waals surface area contributed by atoms with Gasteiger partial charge in [0.25, 0.3) is 0 Å². The lowest BCUT2D eigenvalue weighted by Gasteiger charge is -2.26. The monoisotopic (exact) mass is 466 g/mol. The maximum absolute atomic E-state index is 12.3. The van der Waals surface area contributed by atoms with Crippen molar-refractivity contribution < 1.29 is 19.1 Å². The number of hydrogen-bond donors (Lipinski definition) is 0. The van der Waals surface area contributed by atoms with Gasteiger partial charge >= 0.3 is 11.9 Å². The van der Waals surface area contributed by atoms with Gasteiger partial charge in [-0.1, -0.05) is 104 Å². The van der Waals surface area contributed by atoms with E-state index >= 15 is 0 Å². The third kappa shape index (κ3) is 16.2. The molecule has 0 heterocycles. The second-order valence-electron chi connectivity index (χ2n) is 10.7. The fourth-order valence-corrected chi connectivity index (χ4v) is 4.74. The van der Waals surface area contributed by atoms with Crippen LogP contribution in [0.2, 0.25) is 0 Å². The van der Waals surface area contributed by atoms with E-state index in [1.54, 1.807) is 0 Å². The molecule has 4 nitrogen and oxygen atoms in total. The highest BCUT2D eigenvalue weighted by Gasteiger charge is 2.31. The molecule has 1 fully saturated rings. The molecule has 0 N–H and O–H groups in total. The summed E-state index contributed by atoms with van der Waals surface area (Å²) in [5, 5.41) is 0. The maximum atomic E-state index is 12.3. The van der Waals surface area contributed by atoms with Gasteiger partial charge in [0, 0.05) is 0 Å². The molecule has 0 aromatic rings. The standard InChI is InChI=1S/C29H54O4/c1-4-5-6-7-10-13-16-23-32-28(30)26-19-21-27(22-20-26)29(31)33-24-17-14-11-8-9-12-15-18-25(2)3/h25-27H,4-24H2,1-3H3. The molecular weight excluding hydrogens is 412 g/mol. The zero-order valence-electron chi connectivity index (χ0n) is 22.2. The average Bonchev–Trinajstić information content (AvgIpc) is 2.81. The van der Waals surface area contributed by atoms with Crippen molar-refractivity contribution in [3.05, 3.63) is 0 Å². The van der Waals surface area contributed by atoms with Crippen LogP contribution in [-0.2, 0) is 19.1 Å². The fourth-order valence-electron chi connectivity index (χ4n) is 4.74. The minimum atomic E-state index is -0.0583. The van der Waals surface area contributed by atoms with Crippen LogP contribution in [0, 0.1) is 17.8 Å². The third-order valence-corrected chi connectivity index (χ3v) is 7.06. The lowest BCUT2D eigenvalue weighted by Crippen LogP contribution is -2.28. The van der Waals surface area contributed by atoms with Gasteiger partial charge in [-0.05, 0) is 44.4 Å². The minimum Gasteiger partial charge on any atom is -0.465 e. The van der Waals surface area contributed by atoms with E-state index in [2.05, 4.69) is 20.8 Å². The smallest absolute Gasteiger partial charge is 0.308 e. The van der Waals surface area contributed by atoms with E-state index in [9.17, 15) is 9.59 Å². The van der Waals surface area contributed by atoms with Crippen molar-refractivity contribution in [1.29, 1.82) is 0 Å². The quantitative estimate of drug-likeness (QED) is 0.133. The minimum absolute atomic E-state index is 0.0286. The molecule has 1 aliphatic carbocycles. The van der Waals surface area contributed by atoms with E-state index in [1.165, 1.54) is 70.6 Å². The fraction of sp³-hybridized carbons (Fsp3) is 0.931. The van der Waals surface area contributed by atoms with E-state index in [-0.39, 0.29) is 23.8 Å². The largest absolute Gasteiger partial charge is 0.465 e. The summed E-state index contributed by atoms with van der Waals surface area (Å²) in [6.45, 7) is 7.91. The van der Waals surface area contributed by atoms with Gasteiger partial charge in [-0.25, -0.2) is 0 Å². The number of hydrogen-bond acceptors (Lipinski definition) is 4. The molecule has 4 heteroatoms. The van der Waals surface area contributed by atoms with Crippen molar-refractivity contribution in [1.82, 2.24) is 0 Å². The van der Waals surface area contributed by atoms with Crippen molar-refractivity contribution in [3.63, 3.8) is 0 Å². The Kier molecular flexibility index (Phi) is 18.5. The summed E-state index contributed by atoms with van der Waals surface area (Å²) >= 11 is 0. The first-order valence-corrected chi connectivity index (χ1v) is 14.4. The third-order valence-electron chi connectivity index (χ3n) is 7.06. The SMILES string of the molecule is CCCCCCCCCOC(=O)C1CCC(C(=O)OCCCCCCCCCC(C)C)CC1. The summed E-state index contributed by atoms with van der Waals surface area (Å²) in [7, 11) is 0. The Hall–Kier alpha value is -1.06. The van der Waals surface area contributed by atoms with Gasteiger partial charge in [0.05, 0.1) is 25.0 Å². The van der Waals surface area contributed by atoms with Gasteiger partial charge < -0.3 is 9.47 Å². The van der Waals surface area contributed by atoms with Crippen LogP contribution in [-0.4, -0.2) is 25.2 Å². The highest BCUT2D eigenvalue weighted by atomic mass is 16.5. The summed E-state index contributed by atoms with van der Waals surface area (Å²) in [5.41, 5.74) is 0. The second-order valence-corrected chi connectivity index (χ2v) is 10.7. The van der Waals surface area contributed by atoms with Crippen LogP contribution < -0.4 is 0 Å². The molecule has 0 aromatic carbocycles. The normalized spacial score (nSPS) is 18.4. The lowest BCUT2D eigenvalue weighted by molar-refractivity contribution is -0.155. The first-order chi connectivity index (χ1) is 16.0. The van der Waals surface area contributed by atoms with Gasteiger partial charge in [0.2, 0.25) is 0 Å². The van der Waals surface area contributed by atoms with Gasteiger partial charge in [-0.2, -0.15) is 0 Å². The molecule has 0 radical (unpaired) electrons. The average molecular weight is 467 g/mol. The number of esters is 2. The second kappa shape index (κ2) is 20.3. The maximum Gasteiger partial charge on any atom is 0.308 e. The summed E-state index contributed by atoms with van der Waals surface area (Å²) < 4.78 is 11.0. The molecule has 194 valence electrons. The van der Waals surface area contributed by atoms with Crippen LogP contribution in [0.25, 0.3) is 0 Å². The van der Waals surface area contributed by atoms with Crippen LogP contribution in [0.5, 0.6) is 0 Å². The van der Waals surface area contributed by atoms with Crippen LogP contribution in [0.3, 0.4) is 0 Å². The van der Waals surface area contributed by atoms with Crippen molar-refractivity contribution in [2.24, 2.45) is 17.8 Å². The molecule has 0 saturated heterocycles. The van der Waals surface area contributed by atoms with E-state index in [1.807, 2.05) is 0 Å². The molecule has 1 aliphatic rings. The summed E-state index contributed by atoms with van der Waals surface area (Å²) in [6, 6.07) is 0. The predicted molar refractivity (Wildman–Crippen MR) is 137 cm³/mol. The molecule has 33 heavy (non-hydrogen) atoms. The summed E-state index contributed by atoms with van der Waals surface area (Å²) in [5.74, 6) is 0.649. The molecule has 0 spiro atoms. The molecule has 0 bridgehead atoms. The van der Waals surface area contributed by atoms with Gasteiger partial charge in [-0.3, -0.25) is 9.59 Å². The highest BCUT2D eigenvalue weighted by Crippen LogP contribution is 2.30. The first-order valence-electron chi connectivity index (χ1n) is 14.4. The zero-order valence-corrected chi connectivity index (χ0v) is 22.2. The topological polar surface area (TPSA) is 52.6 Å². The molecule has 0 aliphatic heterocycles. The Morgan fingerprint density at radius 1 is 0.606 bits per heavy atom. The van der Waals surface area contributed by atoms with Crippen LogP contribution >= 0.6 is 0 Å². The van der Waals surface area contributed by atoms with Crippen molar-refractivity contribution in [3.8, 4) is 0 Å². The van der Waals surface area contributed by atoms with Gasteiger partial charge in [-0.15, -0.1) is 0 Å². The first kappa shape index (κ1) is 30.0. The van der Waals surface area contributed by atoms with Crippen LogP contribution in [0.4, 0.5) is 0 Å². The molecule has 1 rings (SSSR count). The molecule has 0 amide bonds. The molecule has 1 saturated carbocycles. The van der Waals surface area contributed by atoms with Gasteiger partial charge in [0.1, 0.15) is 0 Å². The van der Waals surface area contributed by atoms with Crippen molar-refractivity contribution in [2.45, 2.75) is 143 Å². The number of ether oxygens (including phenoxy) is 2. The van der Waals surface area contributed by atoms with Crippen LogP contribution in [0.1, 0.15) is 143 Å². The Morgan fingerprint density at radius 2 is 0.970 bits per heavy atom. The number of carbonyl (C=O) groups excluding carboxylic acids is 2. The van der Waals surface area contributed by atoms with E-state index in [0.717, 1.165) is 57.3 Å².